The zero-order chi connectivity index (χ0) is 14.0. The molecule has 0 saturated carbocycles. The summed E-state index contributed by atoms with van der Waals surface area (Å²) in [6.45, 7) is 1.97. The fourth-order valence-electron chi connectivity index (χ4n) is 2.02. The van der Waals surface area contributed by atoms with Crippen LogP contribution in [0.25, 0.3) is 0 Å². The Morgan fingerprint density at radius 2 is 1.74 bits per heavy atom. The average Bonchev–Trinajstić information content (AvgIpc) is 2.37. The zero-order valence-electron chi connectivity index (χ0n) is 10.3. The molecule has 0 radical (unpaired) electrons. The molecule has 2 aromatic carbocycles. The maximum Gasteiger partial charge on any atom is 0.0856 e. The van der Waals surface area contributed by atoms with Gasteiger partial charge in [0.15, 0.2) is 0 Å². The molecule has 2 aromatic rings. The molecule has 4 heteroatoms. The van der Waals surface area contributed by atoms with E-state index in [4.69, 9.17) is 23.2 Å². The Morgan fingerprint density at radius 3 is 2.37 bits per heavy atom. The van der Waals surface area contributed by atoms with Gasteiger partial charge in [0.05, 0.1) is 6.10 Å². The smallest absolute Gasteiger partial charge is 0.0856 e. The highest BCUT2D eigenvalue weighted by Crippen LogP contribution is 2.36. The number of halogens is 3. The van der Waals surface area contributed by atoms with E-state index in [0.29, 0.717) is 10.0 Å². The Bertz CT molecular complexity index is 586. The van der Waals surface area contributed by atoms with Crippen LogP contribution >= 0.6 is 39.1 Å². The van der Waals surface area contributed by atoms with Gasteiger partial charge < -0.3 is 5.11 Å². The summed E-state index contributed by atoms with van der Waals surface area (Å²) in [4.78, 5) is 0. The Labute approximate surface area is 131 Å². The first-order valence-corrected chi connectivity index (χ1v) is 7.42. The third kappa shape index (κ3) is 3.51. The van der Waals surface area contributed by atoms with Gasteiger partial charge in [-0.1, -0.05) is 64.3 Å². The van der Waals surface area contributed by atoms with Gasteiger partial charge in [-0.25, -0.2) is 0 Å². The van der Waals surface area contributed by atoms with Crippen molar-refractivity contribution in [1.29, 1.82) is 0 Å². The van der Waals surface area contributed by atoms with Crippen molar-refractivity contribution in [3.63, 3.8) is 0 Å². The van der Waals surface area contributed by atoms with Gasteiger partial charge in [-0.15, -0.1) is 0 Å². The molecule has 0 fully saturated rings. The van der Waals surface area contributed by atoms with Crippen molar-refractivity contribution < 1.29 is 5.11 Å². The van der Waals surface area contributed by atoms with Crippen LogP contribution in [-0.4, -0.2) is 5.11 Å². The molecule has 0 amide bonds. The van der Waals surface area contributed by atoms with Crippen LogP contribution in [0.4, 0.5) is 0 Å². The van der Waals surface area contributed by atoms with E-state index in [1.54, 1.807) is 12.1 Å². The molecule has 19 heavy (non-hydrogen) atoms. The third-order valence-corrected chi connectivity index (χ3v) is 4.27. The van der Waals surface area contributed by atoms with Crippen molar-refractivity contribution in [2.24, 2.45) is 0 Å². The fraction of sp³-hybridized carbons (Fsp3) is 0.200. The molecule has 0 aromatic heterocycles. The maximum absolute atomic E-state index is 10.4. The molecule has 100 valence electrons. The lowest BCUT2D eigenvalue weighted by Gasteiger charge is -2.21. The zero-order valence-corrected chi connectivity index (χ0v) is 13.4. The minimum absolute atomic E-state index is 0.0647. The maximum atomic E-state index is 10.4. The monoisotopic (exact) mass is 358 g/mol. The first-order chi connectivity index (χ1) is 8.99. The van der Waals surface area contributed by atoms with Gasteiger partial charge in [-0.3, -0.25) is 0 Å². The fourth-order valence-corrected chi connectivity index (χ4v) is 3.26. The van der Waals surface area contributed by atoms with Gasteiger partial charge in [-0.05, 0) is 35.4 Å². The SMILES string of the molecule is C[C@H](c1ccc(Cl)cc1Br)[C@H](O)c1cccc(Cl)c1. The molecule has 0 aliphatic heterocycles. The van der Waals surface area contributed by atoms with E-state index in [2.05, 4.69) is 15.9 Å². The third-order valence-electron chi connectivity index (χ3n) is 3.12. The predicted molar refractivity (Wildman–Crippen MR) is 84.0 cm³/mol. The molecule has 0 heterocycles. The molecule has 0 aliphatic carbocycles. The minimum atomic E-state index is -0.615. The summed E-state index contributed by atoms with van der Waals surface area (Å²) in [5.41, 5.74) is 1.82. The Hall–Kier alpha value is -0.540. The van der Waals surface area contributed by atoms with E-state index in [0.717, 1.165) is 15.6 Å². The molecular formula is C15H13BrCl2O. The first kappa shape index (κ1) is 14.9. The molecule has 2 rings (SSSR count). The summed E-state index contributed by atoms with van der Waals surface area (Å²) in [6.07, 6.45) is -0.615. The van der Waals surface area contributed by atoms with Gasteiger partial charge in [0.2, 0.25) is 0 Å². The molecule has 1 N–H and O–H groups in total. The average molecular weight is 360 g/mol. The number of hydrogen-bond donors (Lipinski definition) is 1. The molecule has 0 unspecified atom stereocenters. The summed E-state index contributed by atoms with van der Waals surface area (Å²) in [5.74, 6) is -0.0647. The molecule has 0 spiro atoms. The van der Waals surface area contributed by atoms with Crippen molar-refractivity contribution in [3.05, 3.63) is 68.1 Å². The van der Waals surface area contributed by atoms with Gasteiger partial charge in [0.1, 0.15) is 0 Å². The summed E-state index contributed by atoms with van der Waals surface area (Å²) in [6, 6.07) is 12.9. The highest BCUT2D eigenvalue weighted by atomic mass is 79.9. The normalized spacial score (nSPS) is 14.2. The van der Waals surface area contributed by atoms with E-state index in [9.17, 15) is 5.11 Å². The standard InChI is InChI=1S/C15H13BrCl2O/c1-9(13-6-5-12(18)8-14(13)16)15(19)10-3-2-4-11(17)7-10/h2-9,15,19H,1H3/t9-,15+/m1/s1. The number of rotatable bonds is 3. The highest BCUT2D eigenvalue weighted by Gasteiger charge is 2.20. The van der Waals surface area contributed by atoms with E-state index in [-0.39, 0.29) is 5.92 Å². The predicted octanol–water partition coefficient (Wildman–Crippen LogP) is 5.59. The van der Waals surface area contributed by atoms with E-state index in [1.165, 1.54) is 0 Å². The number of aliphatic hydroxyl groups is 1. The second-order valence-electron chi connectivity index (χ2n) is 4.45. The lowest BCUT2D eigenvalue weighted by atomic mass is 9.91. The first-order valence-electron chi connectivity index (χ1n) is 5.87. The molecule has 2 atom stereocenters. The second-order valence-corrected chi connectivity index (χ2v) is 6.18. The highest BCUT2D eigenvalue weighted by molar-refractivity contribution is 9.10. The Balaban J connectivity index is 2.30. The van der Waals surface area contributed by atoms with Crippen molar-refractivity contribution in [3.8, 4) is 0 Å². The Kier molecular flexibility index (Phi) is 4.91. The molecule has 0 saturated heterocycles. The van der Waals surface area contributed by atoms with Crippen LogP contribution < -0.4 is 0 Å². The molecule has 0 aliphatic rings. The summed E-state index contributed by atoms with van der Waals surface area (Å²) < 4.78 is 0.897. The summed E-state index contributed by atoms with van der Waals surface area (Å²) in [5, 5.41) is 11.7. The largest absolute Gasteiger partial charge is 0.388 e. The van der Waals surface area contributed by atoms with Crippen LogP contribution in [0.15, 0.2) is 46.9 Å². The Morgan fingerprint density at radius 1 is 1.05 bits per heavy atom. The van der Waals surface area contributed by atoms with Crippen LogP contribution in [0.1, 0.15) is 30.1 Å². The van der Waals surface area contributed by atoms with Gasteiger partial charge in [-0.2, -0.15) is 0 Å². The van der Waals surface area contributed by atoms with Gasteiger partial charge >= 0.3 is 0 Å². The van der Waals surface area contributed by atoms with Crippen molar-refractivity contribution >= 4 is 39.1 Å². The van der Waals surface area contributed by atoms with Crippen molar-refractivity contribution in [1.82, 2.24) is 0 Å². The van der Waals surface area contributed by atoms with E-state index in [1.807, 2.05) is 37.3 Å². The van der Waals surface area contributed by atoms with Crippen LogP contribution in [0.5, 0.6) is 0 Å². The summed E-state index contributed by atoms with van der Waals surface area (Å²) >= 11 is 15.4. The number of hydrogen-bond acceptors (Lipinski definition) is 1. The van der Waals surface area contributed by atoms with Crippen LogP contribution in [0.3, 0.4) is 0 Å². The van der Waals surface area contributed by atoms with Gasteiger partial charge in [0, 0.05) is 20.4 Å². The van der Waals surface area contributed by atoms with Crippen molar-refractivity contribution in [2.75, 3.05) is 0 Å². The number of benzene rings is 2. The minimum Gasteiger partial charge on any atom is -0.388 e. The lowest BCUT2D eigenvalue weighted by molar-refractivity contribution is 0.151. The molecular weight excluding hydrogens is 347 g/mol. The topological polar surface area (TPSA) is 20.2 Å². The van der Waals surface area contributed by atoms with Crippen molar-refractivity contribution in [2.45, 2.75) is 18.9 Å². The van der Waals surface area contributed by atoms with Crippen LogP contribution in [0.2, 0.25) is 10.0 Å². The second kappa shape index (κ2) is 6.27. The van der Waals surface area contributed by atoms with Crippen LogP contribution in [0, 0.1) is 0 Å². The van der Waals surface area contributed by atoms with E-state index < -0.39 is 6.10 Å². The van der Waals surface area contributed by atoms with E-state index >= 15 is 0 Å². The van der Waals surface area contributed by atoms with Gasteiger partial charge in [0.25, 0.3) is 0 Å². The summed E-state index contributed by atoms with van der Waals surface area (Å²) in [7, 11) is 0. The quantitative estimate of drug-likeness (QED) is 0.756. The molecule has 1 nitrogen and oxygen atoms in total. The molecule has 0 bridgehead atoms. The number of aliphatic hydroxyl groups excluding tert-OH is 1. The lowest BCUT2D eigenvalue weighted by Crippen LogP contribution is -2.08. The van der Waals surface area contributed by atoms with Crippen LogP contribution in [-0.2, 0) is 0 Å².